The van der Waals surface area contributed by atoms with E-state index >= 15 is 0 Å². The number of amides is 1. The van der Waals surface area contributed by atoms with Crippen molar-refractivity contribution in [3.8, 4) is 0 Å². The Morgan fingerprint density at radius 2 is 2.25 bits per heavy atom. The third-order valence-electron chi connectivity index (χ3n) is 2.86. The van der Waals surface area contributed by atoms with E-state index < -0.39 is 0 Å². The van der Waals surface area contributed by atoms with Crippen molar-refractivity contribution in [2.45, 2.75) is 39.3 Å². The zero-order valence-electron chi connectivity index (χ0n) is 10.3. The molecular weight excluding hydrogens is 202 g/mol. The lowest BCUT2D eigenvalue weighted by atomic mass is 10.2. The summed E-state index contributed by atoms with van der Waals surface area (Å²) in [5, 5.41) is 2.85. The summed E-state index contributed by atoms with van der Waals surface area (Å²) in [6.07, 6.45) is 1.66. The van der Waals surface area contributed by atoms with Crippen LogP contribution in [-0.4, -0.2) is 16.5 Å². The van der Waals surface area contributed by atoms with Crippen LogP contribution in [0.25, 0.3) is 0 Å². The van der Waals surface area contributed by atoms with Crippen LogP contribution in [0.15, 0.2) is 12.1 Å². The number of aromatic nitrogens is 1. The van der Waals surface area contributed by atoms with Crippen LogP contribution < -0.4 is 11.1 Å². The van der Waals surface area contributed by atoms with Gasteiger partial charge in [-0.25, -0.2) is 0 Å². The minimum absolute atomic E-state index is 0.0688. The molecule has 3 N–H and O–H groups in total. The molecule has 0 saturated carbocycles. The number of carbonyl (C=O) groups excluding carboxylic acids is 1. The highest BCUT2D eigenvalue weighted by Gasteiger charge is 2.12. The Morgan fingerprint density at radius 3 is 2.75 bits per heavy atom. The molecular formula is C12H21N3O. The number of carbonyl (C=O) groups is 1. The molecule has 0 radical (unpaired) electrons. The van der Waals surface area contributed by atoms with Crippen molar-refractivity contribution >= 4 is 5.91 Å². The van der Waals surface area contributed by atoms with Crippen molar-refractivity contribution in [3.05, 3.63) is 23.5 Å². The van der Waals surface area contributed by atoms with Crippen LogP contribution in [0.5, 0.6) is 0 Å². The molecule has 1 aromatic rings. The standard InChI is InChI=1S/C12H21N3O/c1-4-5-11(13)12(16)14-8-10-7-6-9(2)15(10)3/h6-7,11H,4-5,8,13H2,1-3H3,(H,14,16)/t11-/m0/s1. The van der Waals surface area contributed by atoms with Gasteiger partial charge in [-0.2, -0.15) is 0 Å². The van der Waals surface area contributed by atoms with Crippen molar-refractivity contribution < 1.29 is 4.79 Å². The minimum Gasteiger partial charge on any atom is -0.350 e. The third kappa shape index (κ3) is 3.10. The van der Waals surface area contributed by atoms with Crippen LogP contribution in [0.3, 0.4) is 0 Å². The van der Waals surface area contributed by atoms with E-state index in [1.807, 2.05) is 33.0 Å². The summed E-state index contributed by atoms with van der Waals surface area (Å²) < 4.78 is 2.06. The third-order valence-corrected chi connectivity index (χ3v) is 2.86. The van der Waals surface area contributed by atoms with E-state index in [1.165, 1.54) is 5.69 Å². The number of nitrogens with zero attached hydrogens (tertiary/aromatic N) is 1. The van der Waals surface area contributed by atoms with Gasteiger partial charge in [0.1, 0.15) is 0 Å². The molecule has 0 bridgehead atoms. The lowest BCUT2D eigenvalue weighted by Gasteiger charge is -2.11. The summed E-state index contributed by atoms with van der Waals surface area (Å²) in [5.74, 6) is -0.0688. The van der Waals surface area contributed by atoms with E-state index in [0.717, 1.165) is 18.5 Å². The zero-order valence-corrected chi connectivity index (χ0v) is 10.3. The summed E-state index contributed by atoms with van der Waals surface area (Å²) in [6.45, 7) is 4.60. The average Bonchev–Trinajstić information content (AvgIpc) is 2.57. The van der Waals surface area contributed by atoms with Crippen LogP contribution in [0.1, 0.15) is 31.2 Å². The molecule has 0 aliphatic rings. The second-order valence-corrected chi connectivity index (χ2v) is 4.14. The van der Waals surface area contributed by atoms with Gasteiger partial charge in [0, 0.05) is 18.4 Å². The zero-order chi connectivity index (χ0) is 12.1. The Hall–Kier alpha value is -1.29. The van der Waals surface area contributed by atoms with Gasteiger partial charge >= 0.3 is 0 Å². The SMILES string of the molecule is CCC[C@H](N)C(=O)NCc1ccc(C)n1C. The highest BCUT2D eigenvalue weighted by atomic mass is 16.2. The summed E-state index contributed by atoms with van der Waals surface area (Å²) in [6, 6.07) is 3.67. The molecule has 0 aliphatic carbocycles. The predicted octanol–water partition coefficient (Wildman–Crippen LogP) is 1.08. The molecule has 1 aromatic heterocycles. The number of rotatable bonds is 5. The van der Waals surface area contributed by atoms with E-state index in [-0.39, 0.29) is 11.9 Å². The first kappa shape index (κ1) is 12.8. The van der Waals surface area contributed by atoms with Gasteiger partial charge in [-0.15, -0.1) is 0 Å². The number of nitrogens with one attached hydrogen (secondary N) is 1. The summed E-state index contributed by atoms with van der Waals surface area (Å²) in [7, 11) is 1.99. The molecule has 1 heterocycles. The second-order valence-electron chi connectivity index (χ2n) is 4.14. The number of nitrogens with two attached hydrogens (primary N) is 1. The fraction of sp³-hybridized carbons (Fsp3) is 0.583. The van der Waals surface area contributed by atoms with Crippen LogP contribution in [0.2, 0.25) is 0 Å². The van der Waals surface area contributed by atoms with Crippen LogP contribution >= 0.6 is 0 Å². The van der Waals surface area contributed by atoms with E-state index in [2.05, 4.69) is 9.88 Å². The molecule has 4 nitrogen and oxygen atoms in total. The molecule has 0 fully saturated rings. The van der Waals surface area contributed by atoms with Crippen molar-refractivity contribution in [3.63, 3.8) is 0 Å². The Bertz CT molecular complexity index is 357. The Balaban J connectivity index is 2.46. The Morgan fingerprint density at radius 1 is 1.56 bits per heavy atom. The molecule has 4 heteroatoms. The second kappa shape index (κ2) is 5.70. The fourth-order valence-electron chi connectivity index (χ4n) is 1.60. The molecule has 0 saturated heterocycles. The first-order valence-electron chi connectivity index (χ1n) is 5.70. The molecule has 1 rings (SSSR count). The molecule has 16 heavy (non-hydrogen) atoms. The fourth-order valence-corrected chi connectivity index (χ4v) is 1.60. The van der Waals surface area contributed by atoms with Crippen LogP contribution in [0, 0.1) is 6.92 Å². The number of hydrogen-bond acceptors (Lipinski definition) is 2. The van der Waals surface area contributed by atoms with E-state index in [0.29, 0.717) is 6.54 Å². The molecule has 0 aliphatic heterocycles. The average molecular weight is 223 g/mol. The smallest absolute Gasteiger partial charge is 0.237 e. The maximum absolute atomic E-state index is 11.6. The highest BCUT2D eigenvalue weighted by molar-refractivity contribution is 5.81. The van der Waals surface area contributed by atoms with Crippen molar-refractivity contribution in [1.82, 2.24) is 9.88 Å². The Labute approximate surface area is 96.8 Å². The molecule has 1 atom stereocenters. The van der Waals surface area contributed by atoms with Crippen LogP contribution in [-0.2, 0) is 18.4 Å². The van der Waals surface area contributed by atoms with Gasteiger partial charge in [-0.05, 0) is 25.5 Å². The predicted molar refractivity (Wildman–Crippen MR) is 64.9 cm³/mol. The van der Waals surface area contributed by atoms with Gasteiger partial charge in [0.05, 0.1) is 12.6 Å². The first-order chi connectivity index (χ1) is 7.56. The molecule has 0 unspecified atom stereocenters. The lowest BCUT2D eigenvalue weighted by molar-refractivity contribution is -0.122. The summed E-state index contributed by atoms with van der Waals surface area (Å²) in [5.41, 5.74) is 7.99. The molecule has 0 spiro atoms. The highest BCUT2D eigenvalue weighted by Crippen LogP contribution is 2.05. The quantitative estimate of drug-likeness (QED) is 0.784. The van der Waals surface area contributed by atoms with Gasteiger partial charge < -0.3 is 15.6 Å². The lowest BCUT2D eigenvalue weighted by Crippen LogP contribution is -2.40. The number of aryl methyl sites for hydroxylation is 1. The van der Waals surface area contributed by atoms with Gasteiger partial charge in [-0.3, -0.25) is 4.79 Å². The summed E-state index contributed by atoms with van der Waals surface area (Å²) >= 11 is 0. The largest absolute Gasteiger partial charge is 0.350 e. The van der Waals surface area contributed by atoms with Crippen molar-refractivity contribution in [2.24, 2.45) is 12.8 Å². The first-order valence-corrected chi connectivity index (χ1v) is 5.70. The maximum atomic E-state index is 11.6. The van der Waals surface area contributed by atoms with Crippen molar-refractivity contribution in [1.29, 1.82) is 0 Å². The maximum Gasteiger partial charge on any atom is 0.237 e. The molecule has 1 amide bonds. The van der Waals surface area contributed by atoms with E-state index in [4.69, 9.17) is 5.73 Å². The van der Waals surface area contributed by atoms with Crippen LogP contribution in [0.4, 0.5) is 0 Å². The normalized spacial score (nSPS) is 12.5. The summed E-state index contributed by atoms with van der Waals surface area (Å²) in [4.78, 5) is 11.6. The monoisotopic (exact) mass is 223 g/mol. The van der Waals surface area contributed by atoms with Gasteiger partial charge in [0.15, 0.2) is 0 Å². The van der Waals surface area contributed by atoms with E-state index in [9.17, 15) is 4.79 Å². The van der Waals surface area contributed by atoms with Crippen molar-refractivity contribution in [2.75, 3.05) is 0 Å². The number of hydrogen-bond donors (Lipinski definition) is 2. The van der Waals surface area contributed by atoms with Gasteiger partial charge in [0.2, 0.25) is 5.91 Å². The van der Waals surface area contributed by atoms with Gasteiger partial charge in [0.25, 0.3) is 0 Å². The molecule has 0 aromatic carbocycles. The van der Waals surface area contributed by atoms with E-state index in [1.54, 1.807) is 0 Å². The molecule has 90 valence electrons. The Kier molecular flexibility index (Phi) is 4.55. The topological polar surface area (TPSA) is 60.1 Å². The minimum atomic E-state index is -0.383. The van der Waals surface area contributed by atoms with Gasteiger partial charge in [-0.1, -0.05) is 13.3 Å².